The Bertz CT molecular complexity index is 1170. The zero-order valence-electron chi connectivity index (χ0n) is 20.1. The van der Waals surface area contributed by atoms with Crippen molar-refractivity contribution in [1.29, 1.82) is 5.26 Å². The lowest BCUT2D eigenvalue weighted by Gasteiger charge is -2.41. The number of rotatable bonds is 4. The predicted octanol–water partition coefficient (Wildman–Crippen LogP) is 4.03. The van der Waals surface area contributed by atoms with Gasteiger partial charge in [0.15, 0.2) is 6.10 Å². The van der Waals surface area contributed by atoms with Gasteiger partial charge >= 0.3 is 0 Å². The second-order valence-corrected chi connectivity index (χ2v) is 9.83. The Morgan fingerprint density at radius 2 is 1.89 bits per heavy atom. The van der Waals surface area contributed by atoms with Crippen molar-refractivity contribution in [3.63, 3.8) is 0 Å². The van der Waals surface area contributed by atoms with E-state index in [1.807, 2.05) is 19.0 Å². The van der Waals surface area contributed by atoms with Crippen LogP contribution in [0, 0.1) is 22.6 Å². The van der Waals surface area contributed by atoms with Crippen molar-refractivity contribution < 1.29 is 18.7 Å². The summed E-state index contributed by atoms with van der Waals surface area (Å²) in [6, 6.07) is 12.1. The molecule has 1 fully saturated rings. The Morgan fingerprint density at radius 1 is 1.23 bits per heavy atom. The van der Waals surface area contributed by atoms with E-state index in [9.17, 15) is 19.2 Å². The molecule has 2 heterocycles. The van der Waals surface area contributed by atoms with E-state index in [1.165, 1.54) is 24.0 Å². The van der Waals surface area contributed by atoms with Crippen LogP contribution < -0.4 is 14.5 Å². The number of carbonyl (C=O) groups excluding carboxylic acids is 2. The van der Waals surface area contributed by atoms with Crippen LogP contribution in [0.5, 0.6) is 5.75 Å². The van der Waals surface area contributed by atoms with Gasteiger partial charge in [-0.05, 0) is 43.0 Å². The van der Waals surface area contributed by atoms with Gasteiger partial charge in [0.2, 0.25) is 5.91 Å². The largest absolute Gasteiger partial charge is 0.476 e. The first-order chi connectivity index (χ1) is 16.6. The summed E-state index contributed by atoms with van der Waals surface area (Å²) in [7, 11) is 3.70. The van der Waals surface area contributed by atoms with Crippen LogP contribution in [-0.2, 0) is 16.0 Å². The number of hydrogen-bond donors (Lipinski definition) is 0. The fourth-order valence-electron chi connectivity index (χ4n) is 4.74. The van der Waals surface area contributed by atoms with Gasteiger partial charge in [-0.3, -0.25) is 9.59 Å². The van der Waals surface area contributed by atoms with E-state index in [0.717, 1.165) is 11.3 Å². The van der Waals surface area contributed by atoms with E-state index in [-0.39, 0.29) is 24.2 Å². The normalized spacial score (nSPS) is 18.8. The lowest BCUT2D eigenvalue weighted by molar-refractivity contribution is -0.140. The van der Waals surface area contributed by atoms with Crippen LogP contribution in [0.4, 0.5) is 15.8 Å². The number of nitrogens with zero attached hydrogens (tertiary/aromatic N) is 4. The first-order valence-electron chi connectivity index (χ1n) is 11.5. The minimum absolute atomic E-state index is 0.0915. The number of nitriles is 1. The van der Waals surface area contributed by atoms with Gasteiger partial charge in [-0.25, -0.2) is 4.39 Å². The molecule has 1 unspecified atom stereocenters. The summed E-state index contributed by atoms with van der Waals surface area (Å²) in [5.74, 6) is -0.301. The molecule has 35 heavy (non-hydrogen) atoms. The molecule has 0 N–H and O–H groups in total. The number of ether oxygens (including phenoxy) is 1. The smallest absolute Gasteiger partial charge is 0.265 e. The molecule has 2 aromatic rings. The van der Waals surface area contributed by atoms with E-state index in [1.54, 1.807) is 29.2 Å². The third kappa shape index (κ3) is 5.06. The average Bonchev–Trinajstić information content (AvgIpc) is 2.84. The zero-order chi connectivity index (χ0) is 25.3. The van der Waals surface area contributed by atoms with Crippen molar-refractivity contribution in [3.05, 3.63) is 52.8 Å². The van der Waals surface area contributed by atoms with Gasteiger partial charge in [0, 0.05) is 40.2 Å². The summed E-state index contributed by atoms with van der Waals surface area (Å²) in [6.07, 6.45) is 0.666. The molecule has 2 aliphatic heterocycles. The molecule has 7 nitrogen and oxygen atoms in total. The summed E-state index contributed by atoms with van der Waals surface area (Å²) < 4.78 is 19.3. The van der Waals surface area contributed by atoms with Crippen LogP contribution >= 0.6 is 11.6 Å². The Balaban J connectivity index is 1.49. The lowest BCUT2D eigenvalue weighted by atomic mass is 9.75. The van der Waals surface area contributed by atoms with E-state index in [0.29, 0.717) is 48.8 Å². The molecule has 0 spiro atoms. The minimum Gasteiger partial charge on any atom is -0.476 e. The highest BCUT2D eigenvalue weighted by molar-refractivity contribution is 6.33. The van der Waals surface area contributed by atoms with Gasteiger partial charge < -0.3 is 19.4 Å². The number of piperidine rings is 1. The molecule has 0 radical (unpaired) electrons. The maximum absolute atomic E-state index is 13.4. The molecule has 0 aromatic heterocycles. The second-order valence-electron chi connectivity index (χ2n) is 9.42. The second kappa shape index (κ2) is 9.74. The molecule has 9 heteroatoms. The molecule has 2 aliphatic rings. The van der Waals surface area contributed by atoms with Crippen LogP contribution in [0.15, 0.2) is 36.4 Å². The molecule has 1 saturated heterocycles. The number of hydrogen-bond acceptors (Lipinski definition) is 5. The summed E-state index contributed by atoms with van der Waals surface area (Å²) >= 11 is 6.40. The maximum Gasteiger partial charge on any atom is 0.265 e. The van der Waals surface area contributed by atoms with E-state index >= 15 is 0 Å². The Morgan fingerprint density at radius 3 is 2.46 bits per heavy atom. The van der Waals surface area contributed by atoms with Crippen LogP contribution in [-0.4, -0.2) is 56.5 Å². The van der Waals surface area contributed by atoms with Crippen LogP contribution in [0.2, 0.25) is 5.02 Å². The molecule has 0 bridgehead atoms. The average molecular weight is 499 g/mol. The van der Waals surface area contributed by atoms with Crippen LogP contribution in [0.25, 0.3) is 0 Å². The molecule has 2 aromatic carbocycles. The SMILES string of the molecule is CC(=O)N1CC(C(=O)N2CCC(C#N)(Cc3ccc(F)cc3)CC2)Oc2cc(N(C)C)c(Cl)cc21. The third-order valence-corrected chi connectivity index (χ3v) is 7.10. The summed E-state index contributed by atoms with van der Waals surface area (Å²) in [6.45, 7) is 2.35. The number of anilines is 2. The molecule has 4 rings (SSSR count). The standard InChI is InChI=1S/C26H28ClFN4O3/c1-17(33)32-15-24(35-23-13-21(30(2)3)20(27)12-22(23)32)25(34)31-10-8-26(16-29,9-11-31)14-18-4-6-19(28)7-5-18/h4-7,12-13,24H,8-11,14-15H2,1-3H3. The van der Waals surface area contributed by atoms with Gasteiger partial charge in [-0.15, -0.1) is 0 Å². The summed E-state index contributed by atoms with van der Waals surface area (Å²) in [5, 5.41) is 10.4. The monoisotopic (exact) mass is 498 g/mol. The lowest BCUT2D eigenvalue weighted by Crippen LogP contribution is -2.54. The predicted molar refractivity (Wildman–Crippen MR) is 132 cm³/mol. The van der Waals surface area contributed by atoms with E-state index < -0.39 is 11.5 Å². The number of halogens is 2. The topological polar surface area (TPSA) is 76.9 Å². The number of likely N-dealkylation sites (tertiary alicyclic amines) is 1. The maximum atomic E-state index is 13.4. The van der Waals surface area contributed by atoms with Crippen molar-refractivity contribution in [1.82, 2.24) is 4.90 Å². The third-order valence-electron chi connectivity index (χ3n) is 6.80. The van der Waals surface area contributed by atoms with Gasteiger partial charge in [0.1, 0.15) is 11.6 Å². The van der Waals surface area contributed by atoms with Crippen molar-refractivity contribution >= 4 is 34.8 Å². The summed E-state index contributed by atoms with van der Waals surface area (Å²) in [5.41, 5.74) is 1.54. The fraction of sp³-hybridized carbons (Fsp3) is 0.423. The number of benzene rings is 2. The first-order valence-corrected chi connectivity index (χ1v) is 11.9. The molecular weight excluding hydrogens is 471 g/mol. The molecule has 2 amide bonds. The Kier molecular flexibility index (Phi) is 6.91. The number of amides is 2. The number of carbonyl (C=O) groups is 2. The highest BCUT2D eigenvalue weighted by Gasteiger charge is 2.40. The number of fused-ring (bicyclic) bond motifs is 1. The molecule has 184 valence electrons. The highest BCUT2D eigenvalue weighted by Crippen LogP contribution is 2.42. The van der Waals surface area contributed by atoms with Crippen LogP contribution in [0.1, 0.15) is 25.3 Å². The molecule has 1 atom stereocenters. The van der Waals surface area contributed by atoms with Crippen molar-refractivity contribution in [2.75, 3.05) is 43.5 Å². The quantitative estimate of drug-likeness (QED) is 0.636. The Hall–Kier alpha value is -3.31. The van der Waals surface area contributed by atoms with Crippen LogP contribution in [0.3, 0.4) is 0 Å². The van der Waals surface area contributed by atoms with Gasteiger partial charge in [0.05, 0.1) is 34.4 Å². The summed E-state index contributed by atoms with van der Waals surface area (Å²) in [4.78, 5) is 30.9. The zero-order valence-corrected chi connectivity index (χ0v) is 20.8. The highest BCUT2D eigenvalue weighted by atomic mass is 35.5. The molecular formula is C26H28ClFN4O3. The van der Waals surface area contributed by atoms with E-state index in [2.05, 4.69) is 6.07 Å². The van der Waals surface area contributed by atoms with Gasteiger partial charge in [-0.1, -0.05) is 23.7 Å². The van der Waals surface area contributed by atoms with E-state index in [4.69, 9.17) is 16.3 Å². The van der Waals surface area contributed by atoms with Crippen molar-refractivity contribution in [3.8, 4) is 11.8 Å². The fourth-order valence-corrected chi connectivity index (χ4v) is 5.07. The minimum atomic E-state index is -0.853. The first kappa shape index (κ1) is 24.8. The van der Waals surface area contributed by atoms with Crippen molar-refractivity contribution in [2.45, 2.75) is 32.3 Å². The van der Waals surface area contributed by atoms with Crippen molar-refractivity contribution in [2.24, 2.45) is 5.41 Å². The Labute approximate surface area is 209 Å². The van der Waals surface area contributed by atoms with Gasteiger partial charge in [0.25, 0.3) is 5.91 Å². The molecule has 0 aliphatic carbocycles. The molecule has 0 saturated carbocycles. The van der Waals surface area contributed by atoms with Gasteiger partial charge in [-0.2, -0.15) is 5.26 Å².